The topological polar surface area (TPSA) is 38.2 Å². The molecule has 0 saturated heterocycles. The quantitative estimate of drug-likeness (QED) is 0.733. The maximum absolute atomic E-state index is 13.2. The lowest BCUT2D eigenvalue weighted by atomic mass is 10.2. The number of aryl methyl sites for hydroxylation is 1. The zero-order valence-electron chi connectivity index (χ0n) is 14.8. The summed E-state index contributed by atoms with van der Waals surface area (Å²) in [6.45, 7) is 8.22. The molecule has 0 bridgehead atoms. The number of nitrogens with zero attached hydrogens (tertiary/aromatic N) is 3. The van der Waals surface area contributed by atoms with Crippen molar-refractivity contribution in [3.05, 3.63) is 41.6 Å². The van der Waals surface area contributed by atoms with E-state index in [1.54, 1.807) is 4.90 Å². The van der Waals surface area contributed by atoms with E-state index in [9.17, 15) is 13.2 Å². The second-order valence-corrected chi connectivity index (χ2v) is 6.17. The van der Waals surface area contributed by atoms with Gasteiger partial charge in [-0.25, -0.2) is 4.98 Å². The maximum atomic E-state index is 13.2. The number of hydrogen-bond acceptors (Lipinski definition) is 4. The van der Waals surface area contributed by atoms with E-state index in [-0.39, 0.29) is 18.5 Å². The standard InChI is InChI=1S/C18H22F3N3O/c1-5-24(14-8-6-7-13(4)9-14)17-22-10-15(18(19,20)21)16(23-17)25-11-12(2)3/h6-10,12H,5,11H2,1-4H3. The summed E-state index contributed by atoms with van der Waals surface area (Å²) in [5.41, 5.74) is 0.897. The molecule has 2 aromatic rings. The first kappa shape index (κ1) is 19.0. The van der Waals surface area contributed by atoms with Gasteiger partial charge in [0.15, 0.2) is 0 Å². The number of ether oxygens (including phenoxy) is 1. The Balaban J connectivity index is 2.44. The number of alkyl halides is 3. The Hall–Kier alpha value is -2.31. The van der Waals surface area contributed by atoms with Crippen LogP contribution >= 0.6 is 0 Å². The van der Waals surface area contributed by atoms with Gasteiger partial charge in [0, 0.05) is 18.4 Å². The predicted octanol–water partition coefficient (Wildman–Crippen LogP) is 5.00. The highest BCUT2D eigenvalue weighted by atomic mass is 19.4. The van der Waals surface area contributed by atoms with Gasteiger partial charge in [-0.15, -0.1) is 0 Å². The van der Waals surface area contributed by atoms with E-state index in [2.05, 4.69) is 9.97 Å². The van der Waals surface area contributed by atoms with E-state index in [1.165, 1.54) is 0 Å². The van der Waals surface area contributed by atoms with Crippen LogP contribution in [-0.4, -0.2) is 23.1 Å². The Bertz CT molecular complexity index is 717. The van der Waals surface area contributed by atoms with Gasteiger partial charge in [-0.2, -0.15) is 18.2 Å². The Morgan fingerprint density at radius 1 is 1.24 bits per heavy atom. The summed E-state index contributed by atoms with van der Waals surface area (Å²) < 4.78 is 44.9. The molecule has 136 valence electrons. The molecule has 25 heavy (non-hydrogen) atoms. The van der Waals surface area contributed by atoms with Gasteiger partial charge in [-0.1, -0.05) is 26.0 Å². The lowest BCUT2D eigenvalue weighted by Crippen LogP contribution is -2.21. The van der Waals surface area contributed by atoms with Crippen molar-refractivity contribution in [3.63, 3.8) is 0 Å². The summed E-state index contributed by atoms with van der Waals surface area (Å²) in [6, 6.07) is 7.63. The second-order valence-electron chi connectivity index (χ2n) is 6.17. The molecule has 0 aliphatic rings. The molecule has 0 aliphatic carbocycles. The van der Waals surface area contributed by atoms with Gasteiger partial charge in [-0.3, -0.25) is 0 Å². The van der Waals surface area contributed by atoms with E-state index < -0.39 is 17.6 Å². The van der Waals surface area contributed by atoms with E-state index in [1.807, 2.05) is 52.0 Å². The van der Waals surface area contributed by atoms with Gasteiger partial charge in [0.1, 0.15) is 5.56 Å². The first-order valence-electron chi connectivity index (χ1n) is 8.13. The number of benzene rings is 1. The van der Waals surface area contributed by atoms with Crippen LogP contribution in [0.3, 0.4) is 0 Å². The normalized spacial score (nSPS) is 11.7. The van der Waals surface area contributed by atoms with Crippen LogP contribution < -0.4 is 9.64 Å². The zero-order chi connectivity index (χ0) is 18.6. The summed E-state index contributed by atoms with van der Waals surface area (Å²) in [7, 11) is 0. The molecule has 7 heteroatoms. The minimum atomic E-state index is -4.56. The first-order chi connectivity index (χ1) is 11.7. The highest BCUT2D eigenvalue weighted by molar-refractivity contribution is 5.58. The molecule has 0 unspecified atom stereocenters. The smallest absolute Gasteiger partial charge is 0.423 e. The molecule has 1 aromatic heterocycles. The molecule has 2 rings (SSSR count). The second kappa shape index (κ2) is 7.72. The van der Waals surface area contributed by atoms with E-state index in [4.69, 9.17) is 4.74 Å². The fraction of sp³-hybridized carbons (Fsp3) is 0.444. The number of aromatic nitrogens is 2. The molecule has 0 spiro atoms. The lowest BCUT2D eigenvalue weighted by Gasteiger charge is -2.23. The van der Waals surface area contributed by atoms with Crippen molar-refractivity contribution in [1.29, 1.82) is 0 Å². The van der Waals surface area contributed by atoms with Crippen molar-refractivity contribution in [2.75, 3.05) is 18.1 Å². The van der Waals surface area contributed by atoms with Crippen molar-refractivity contribution < 1.29 is 17.9 Å². The minimum Gasteiger partial charge on any atom is -0.477 e. The van der Waals surface area contributed by atoms with Crippen LogP contribution in [0, 0.1) is 12.8 Å². The SMILES string of the molecule is CCN(c1cccc(C)c1)c1ncc(C(F)(F)F)c(OCC(C)C)n1. The highest BCUT2D eigenvalue weighted by Gasteiger charge is 2.36. The summed E-state index contributed by atoms with van der Waals surface area (Å²) in [5.74, 6) is -0.171. The molecular formula is C18H22F3N3O. The van der Waals surface area contributed by atoms with Gasteiger partial charge in [-0.05, 0) is 37.5 Å². The Kier molecular flexibility index (Phi) is 5.87. The number of halogens is 3. The predicted molar refractivity (Wildman–Crippen MR) is 91.2 cm³/mol. The molecule has 1 heterocycles. The van der Waals surface area contributed by atoms with Crippen molar-refractivity contribution in [2.45, 2.75) is 33.9 Å². The molecule has 0 saturated carbocycles. The van der Waals surface area contributed by atoms with Crippen LogP contribution in [0.4, 0.5) is 24.8 Å². The van der Waals surface area contributed by atoms with E-state index in [0.29, 0.717) is 6.54 Å². The molecule has 0 atom stereocenters. The molecule has 0 radical (unpaired) electrons. The van der Waals surface area contributed by atoms with Crippen LogP contribution in [-0.2, 0) is 6.18 Å². The number of rotatable bonds is 6. The molecule has 0 fully saturated rings. The molecule has 4 nitrogen and oxygen atoms in total. The average molecular weight is 353 g/mol. The van der Waals surface area contributed by atoms with Gasteiger partial charge in [0.25, 0.3) is 0 Å². The number of anilines is 2. The van der Waals surface area contributed by atoms with Gasteiger partial charge >= 0.3 is 6.18 Å². The van der Waals surface area contributed by atoms with Crippen LogP contribution in [0.2, 0.25) is 0 Å². The van der Waals surface area contributed by atoms with E-state index >= 15 is 0 Å². The molecule has 1 aromatic carbocycles. The van der Waals surface area contributed by atoms with Crippen molar-refractivity contribution >= 4 is 11.6 Å². The molecular weight excluding hydrogens is 331 g/mol. The first-order valence-corrected chi connectivity index (χ1v) is 8.13. The highest BCUT2D eigenvalue weighted by Crippen LogP contribution is 2.36. The molecule has 0 aliphatic heterocycles. The Morgan fingerprint density at radius 2 is 1.96 bits per heavy atom. The summed E-state index contributed by atoms with van der Waals surface area (Å²) in [4.78, 5) is 9.73. The Labute approximate surface area is 145 Å². The fourth-order valence-corrected chi connectivity index (χ4v) is 2.27. The fourth-order valence-electron chi connectivity index (χ4n) is 2.27. The van der Waals surface area contributed by atoms with Crippen LogP contribution in [0.5, 0.6) is 5.88 Å². The number of hydrogen-bond donors (Lipinski definition) is 0. The summed E-state index contributed by atoms with van der Waals surface area (Å²) in [5, 5.41) is 0. The lowest BCUT2D eigenvalue weighted by molar-refractivity contribution is -0.139. The van der Waals surface area contributed by atoms with E-state index in [0.717, 1.165) is 17.4 Å². The summed E-state index contributed by atoms with van der Waals surface area (Å²) in [6.07, 6.45) is -3.78. The van der Waals surface area contributed by atoms with Crippen LogP contribution in [0.1, 0.15) is 31.9 Å². The third-order valence-corrected chi connectivity index (χ3v) is 3.47. The monoisotopic (exact) mass is 353 g/mol. The van der Waals surface area contributed by atoms with Crippen molar-refractivity contribution in [3.8, 4) is 5.88 Å². The Morgan fingerprint density at radius 3 is 2.52 bits per heavy atom. The van der Waals surface area contributed by atoms with Crippen molar-refractivity contribution in [2.24, 2.45) is 5.92 Å². The van der Waals surface area contributed by atoms with Crippen molar-refractivity contribution in [1.82, 2.24) is 9.97 Å². The third kappa shape index (κ3) is 4.84. The van der Waals surface area contributed by atoms with Gasteiger partial charge in [0.2, 0.25) is 11.8 Å². The maximum Gasteiger partial charge on any atom is 0.423 e. The molecule has 0 N–H and O–H groups in total. The van der Waals surface area contributed by atoms with Gasteiger partial charge in [0.05, 0.1) is 6.61 Å². The van der Waals surface area contributed by atoms with Crippen LogP contribution in [0.15, 0.2) is 30.5 Å². The third-order valence-electron chi connectivity index (χ3n) is 3.47. The zero-order valence-corrected chi connectivity index (χ0v) is 14.8. The van der Waals surface area contributed by atoms with Gasteiger partial charge < -0.3 is 9.64 Å². The minimum absolute atomic E-state index is 0.0820. The average Bonchev–Trinajstić information content (AvgIpc) is 2.53. The molecule has 0 amide bonds. The largest absolute Gasteiger partial charge is 0.477 e. The summed E-state index contributed by atoms with van der Waals surface area (Å²) >= 11 is 0. The van der Waals surface area contributed by atoms with Crippen LogP contribution in [0.25, 0.3) is 0 Å².